The molecule has 2 aromatic carbocycles. The van der Waals surface area contributed by atoms with Gasteiger partial charge in [0.15, 0.2) is 23.5 Å². The molecule has 150 valence electrons. The minimum absolute atomic E-state index is 0.0284. The number of carbonyl (C=O) groups is 1. The highest BCUT2D eigenvalue weighted by atomic mass is 19.1. The molecule has 3 aromatic rings. The van der Waals surface area contributed by atoms with Crippen LogP contribution in [0, 0.1) is 12.7 Å². The van der Waals surface area contributed by atoms with Crippen molar-refractivity contribution in [2.75, 3.05) is 13.1 Å². The zero-order valence-electron chi connectivity index (χ0n) is 16.3. The third-order valence-electron chi connectivity index (χ3n) is 5.21. The van der Waals surface area contributed by atoms with Crippen molar-refractivity contribution in [3.63, 3.8) is 0 Å². The van der Waals surface area contributed by atoms with Crippen LogP contribution in [0.15, 0.2) is 59.1 Å². The normalized spacial score (nSPS) is 19.9. The van der Waals surface area contributed by atoms with Gasteiger partial charge in [-0.1, -0.05) is 47.6 Å². The summed E-state index contributed by atoms with van der Waals surface area (Å²) >= 11 is 0. The first-order valence-electron chi connectivity index (χ1n) is 9.58. The lowest BCUT2D eigenvalue weighted by atomic mass is 9.89. The van der Waals surface area contributed by atoms with Crippen LogP contribution in [-0.4, -0.2) is 40.1 Å². The molecule has 0 aliphatic carbocycles. The van der Waals surface area contributed by atoms with Crippen molar-refractivity contribution < 1.29 is 18.4 Å². The third-order valence-corrected chi connectivity index (χ3v) is 5.21. The van der Waals surface area contributed by atoms with E-state index in [4.69, 9.17) is 9.26 Å². The molecule has 0 radical (unpaired) electrons. The Morgan fingerprint density at radius 3 is 2.52 bits per heavy atom. The smallest absolute Gasteiger partial charge is 0.263 e. The second-order valence-corrected chi connectivity index (χ2v) is 7.24. The summed E-state index contributed by atoms with van der Waals surface area (Å²) in [6.45, 7) is 4.34. The van der Waals surface area contributed by atoms with E-state index in [1.165, 1.54) is 12.1 Å². The molecular weight excluding hydrogens is 373 g/mol. The molecule has 1 aromatic heterocycles. The predicted molar refractivity (Wildman–Crippen MR) is 104 cm³/mol. The molecule has 1 aliphatic rings. The summed E-state index contributed by atoms with van der Waals surface area (Å²) in [5.41, 5.74) is 1.10. The maximum atomic E-state index is 13.9. The summed E-state index contributed by atoms with van der Waals surface area (Å²) in [7, 11) is 0. The first-order chi connectivity index (χ1) is 14.0. The van der Waals surface area contributed by atoms with Crippen LogP contribution in [0.4, 0.5) is 4.39 Å². The molecule has 0 bridgehead atoms. The van der Waals surface area contributed by atoms with E-state index in [-0.39, 0.29) is 23.5 Å². The van der Waals surface area contributed by atoms with Crippen LogP contribution >= 0.6 is 0 Å². The van der Waals surface area contributed by atoms with Gasteiger partial charge in [0.1, 0.15) is 0 Å². The number of rotatable bonds is 5. The Kier molecular flexibility index (Phi) is 5.29. The summed E-state index contributed by atoms with van der Waals surface area (Å²) in [4.78, 5) is 19.2. The summed E-state index contributed by atoms with van der Waals surface area (Å²) < 4.78 is 24.9. The Morgan fingerprint density at radius 2 is 1.83 bits per heavy atom. The Morgan fingerprint density at radius 1 is 1.14 bits per heavy atom. The number of amides is 1. The molecule has 1 fully saturated rings. The number of aryl methyl sites for hydroxylation is 1. The molecule has 7 heteroatoms. The maximum absolute atomic E-state index is 13.9. The van der Waals surface area contributed by atoms with Gasteiger partial charge in [-0.2, -0.15) is 4.98 Å². The molecule has 0 saturated carbocycles. The Labute approximate surface area is 168 Å². The number of aromatic nitrogens is 2. The number of nitrogens with zero attached hydrogens (tertiary/aromatic N) is 3. The molecule has 0 spiro atoms. The molecule has 1 amide bonds. The van der Waals surface area contributed by atoms with Crippen LogP contribution in [-0.2, 0) is 4.79 Å². The van der Waals surface area contributed by atoms with Crippen LogP contribution in [0.3, 0.4) is 0 Å². The number of halogens is 1. The lowest BCUT2D eigenvalue weighted by Crippen LogP contribution is -2.39. The number of likely N-dealkylation sites (tertiary alicyclic amines) is 1. The topological polar surface area (TPSA) is 68.5 Å². The van der Waals surface area contributed by atoms with Crippen LogP contribution in [0.25, 0.3) is 0 Å². The number of hydrogen-bond donors (Lipinski definition) is 0. The minimum Gasteiger partial charge on any atom is -0.478 e. The van der Waals surface area contributed by atoms with E-state index in [2.05, 4.69) is 10.1 Å². The van der Waals surface area contributed by atoms with Gasteiger partial charge in [-0.05, 0) is 31.5 Å². The highest BCUT2D eigenvalue weighted by Crippen LogP contribution is 2.39. The van der Waals surface area contributed by atoms with Gasteiger partial charge in [-0.3, -0.25) is 4.79 Å². The standard InChI is InChI=1S/C22H22FN3O3/c1-14(28-20-11-7-6-10-19(20)23)22(27)26-12-17(16-8-4-3-5-9-16)18(13-26)21-24-15(2)25-29-21/h3-11,14,17-18H,12-13H2,1-2H3. The van der Waals surface area contributed by atoms with Gasteiger partial charge in [0.05, 0.1) is 5.92 Å². The Balaban J connectivity index is 1.55. The van der Waals surface area contributed by atoms with Crippen molar-refractivity contribution in [2.24, 2.45) is 0 Å². The molecule has 6 nitrogen and oxygen atoms in total. The van der Waals surface area contributed by atoms with E-state index in [9.17, 15) is 9.18 Å². The number of ether oxygens (including phenoxy) is 1. The molecule has 1 saturated heterocycles. The van der Waals surface area contributed by atoms with E-state index < -0.39 is 11.9 Å². The fourth-order valence-electron chi connectivity index (χ4n) is 3.77. The number of carbonyl (C=O) groups excluding carboxylic acids is 1. The molecule has 4 rings (SSSR count). The minimum atomic E-state index is -0.813. The molecule has 3 atom stereocenters. The van der Waals surface area contributed by atoms with Gasteiger partial charge in [0.25, 0.3) is 5.91 Å². The van der Waals surface area contributed by atoms with Crippen molar-refractivity contribution in [2.45, 2.75) is 31.8 Å². The van der Waals surface area contributed by atoms with Gasteiger partial charge >= 0.3 is 0 Å². The van der Waals surface area contributed by atoms with Crippen molar-refractivity contribution in [3.8, 4) is 5.75 Å². The molecule has 3 unspecified atom stereocenters. The van der Waals surface area contributed by atoms with Crippen molar-refractivity contribution in [1.29, 1.82) is 0 Å². The highest BCUT2D eigenvalue weighted by molar-refractivity contribution is 5.81. The highest BCUT2D eigenvalue weighted by Gasteiger charge is 2.41. The summed E-state index contributed by atoms with van der Waals surface area (Å²) in [6.07, 6.45) is -0.813. The van der Waals surface area contributed by atoms with E-state index in [0.29, 0.717) is 24.8 Å². The first-order valence-corrected chi connectivity index (χ1v) is 9.58. The van der Waals surface area contributed by atoms with E-state index in [1.54, 1.807) is 30.9 Å². The molecular formula is C22H22FN3O3. The fourth-order valence-corrected chi connectivity index (χ4v) is 3.77. The molecule has 0 N–H and O–H groups in total. The summed E-state index contributed by atoms with van der Waals surface area (Å²) in [5.74, 6) is 0.380. The third kappa shape index (κ3) is 3.99. The molecule has 2 heterocycles. The van der Waals surface area contributed by atoms with Crippen LogP contribution in [0.5, 0.6) is 5.75 Å². The van der Waals surface area contributed by atoms with E-state index in [1.807, 2.05) is 30.3 Å². The quantitative estimate of drug-likeness (QED) is 0.659. The summed E-state index contributed by atoms with van der Waals surface area (Å²) in [6, 6.07) is 16.0. The van der Waals surface area contributed by atoms with Crippen molar-refractivity contribution in [1.82, 2.24) is 15.0 Å². The van der Waals surface area contributed by atoms with E-state index in [0.717, 1.165) is 5.56 Å². The van der Waals surface area contributed by atoms with Crippen LogP contribution in [0.2, 0.25) is 0 Å². The largest absolute Gasteiger partial charge is 0.478 e. The predicted octanol–water partition coefficient (Wildman–Crippen LogP) is 3.69. The van der Waals surface area contributed by atoms with Crippen molar-refractivity contribution >= 4 is 5.91 Å². The number of benzene rings is 2. The molecule has 1 aliphatic heterocycles. The lowest BCUT2D eigenvalue weighted by Gasteiger charge is -2.22. The second kappa shape index (κ2) is 8.03. The zero-order chi connectivity index (χ0) is 20.4. The van der Waals surface area contributed by atoms with Crippen LogP contribution < -0.4 is 4.74 Å². The zero-order valence-corrected chi connectivity index (χ0v) is 16.3. The Bertz CT molecular complexity index is 992. The first kappa shape index (κ1) is 19.1. The monoisotopic (exact) mass is 395 g/mol. The second-order valence-electron chi connectivity index (χ2n) is 7.24. The van der Waals surface area contributed by atoms with E-state index >= 15 is 0 Å². The lowest BCUT2D eigenvalue weighted by molar-refractivity contribution is -0.137. The van der Waals surface area contributed by atoms with Gasteiger partial charge in [-0.15, -0.1) is 0 Å². The van der Waals surface area contributed by atoms with Gasteiger partial charge in [0.2, 0.25) is 5.89 Å². The number of para-hydroxylation sites is 1. The Hall–Kier alpha value is -3.22. The van der Waals surface area contributed by atoms with Gasteiger partial charge in [-0.25, -0.2) is 4.39 Å². The average Bonchev–Trinajstić information content (AvgIpc) is 3.36. The SMILES string of the molecule is Cc1noc(C2CN(C(=O)C(C)Oc3ccccc3F)CC2c2ccccc2)n1. The maximum Gasteiger partial charge on any atom is 0.263 e. The van der Waals surface area contributed by atoms with Crippen molar-refractivity contribution in [3.05, 3.63) is 77.7 Å². The van der Waals surface area contributed by atoms with Crippen LogP contribution in [0.1, 0.15) is 36.0 Å². The van der Waals surface area contributed by atoms with Gasteiger partial charge in [0, 0.05) is 19.0 Å². The fraction of sp³-hybridized carbons (Fsp3) is 0.318. The van der Waals surface area contributed by atoms with Gasteiger partial charge < -0.3 is 14.2 Å². The molecule has 29 heavy (non-hydrogen) atoms. The summed E-state index contributed by atoms with van der Waals surface area (Å²) in [5, 5.41) is 3.90. The number of hydrogen-bond acceptors (Lipinski definition) is 5. The average molecular weight is 395 g/mol.